The van der Waals surface area contributed by atoms with Crippen molar-refractivity contribution in [2.75, 3.05) is 0 Å². The molecule has 0 bridgehead atoms. The minimum Gasteiger partial charge on any atom is -0.455 e. The van der Waals surface area contributed by atoms with Gasteiger partial charge in [-0.3, -0.25) is 0 Å². The smallest absolute Gasteiger partial charge is 0.144 e. The largest absolute Gasteiger partial charge is 0.455 e. The first-order chi connectivity index (χ1) is 30.7. The predicted molar refractivity (Wildman–Crippen MR) is 260 cm³/mol. The van der Waals surface area contributed by atoms with Crippen molar-refractivity contribution in [3.63, 3.8) is 0 Å². The van der Waals surface area contributed by atoms with Gasteiger partial charge in [0.15, 0.2) is 0 Å². The molecule has 11 aromatic carbocycles. The highest BCUT2D eigenvalue weighted by Crippen LogP contribution is 2.49. The monoisotopic (exact) mass is 787 g/mol. The fraction of sp³-hybridized carbons (Fsp3) is 0. The average Bonchev–Trinajstić information content (AvgIpc) is 3.91. The fourth-order valence-corrected chi connectivity index (χ4v) is 10.5. The third-order valence-electron chi connectivity index (χ3n) is 13.2. The summed E-state index contributed by atoms with van der Waals surface area (Å²) in [6, 6.07) is 71.9. The van der Waals surface area contributed by atoms with Gasteiger partial charge in [-0.15, -0.1) is 0 Å². The Hall–Kier alpha value is -8.27. The molecule has 0 radical (unpaired) electrons. The number of benzene rings is 11. The van der Waals surface area contributed by atoms with Crippen LogP contribution in [-0.2, 0) is 0 Å². The Labute approximate surface area is 354 Å². The first kappa shape index (κ1) is 33.5. The number of furan rings is 2. The van der Waals surface area contributed by atoms with Gasteiger partial charge in [-0.05, 0) is 90.6 Å². The third kappa shape index (κ3) is 4.68. The van der Waals surface area contributed by atoms with E-state index in [1.54, 1.807) is 0 Å². The van der Waals surface area contributed by atoms with Crippen molar-refractivity contribution in [3.8, 4) is 33.5 Å². The molecule has 62 heavy (non-hydrogen) atoms. The average molecular weight is 788 g/mol. The Morgan fingerprint density at radius 3 is 1.63 bits per heavy atom. The van der Waals surface area contributed by atoms with Crippen molar-refractivity contribution in [1.82, 2.24) is 4.98 Å². The van der Waals surface area contributed by atoms with Gasteiger partial charge in [-0.2, -0.15) is 0 Å². The molecule has 0 unspecified atom stereocenters. The van der Waals surface area contributed by atoms with Gasteiger partial charge < -0.3 is 8.83 Å². The van der Waals surface area contributed by atoms with E-state index < -0.39 is 0 Å². The topological polar surface area (TPSA) is 39.2 Å². The van der Waals surface area contributed by atoms with E-state index in [4.69, 9.17) is 13.8 Å². The lowest BCUT2D eigenvalue weighted by Crippen LogP contribution is -1.93. The second kappa shape index (κ2) is 12.6. The number of pyridine rings is 1. The van der Waals surface area contributed by atoms with Crippen LogP contribution in [0.15, 0.2) is 209 Å². The van der Waals surface area contributed by atoms with Crippen LogP contribution < -0.4 is 0 Å². The van der Waals surface area contributed by atoms with E-state index in [-0.39, 0.29) is 0 Å². The minimum atomic E-state index is 0.885. The van der Waals surface area contributed by atoms with Gasteiger partial charge in [0.05, 0.1) is 11.2 Å². The second-order valence-electron chi connectivity index (χ2n) is 16.5. The zero-order valence-electron chi connectivity index (χ0n) is 33.3. The van der Waals surface area contributed by atoms with Gasteiger partial charge in [-0.1, -0.05) is 164 Å². The summed E-state index contributed by atoms with van der Waals surface area (Å²) >= 11 is 0. The molecule has 0 aliphatic carbocycles. The Morgan fingerprint density at radius 1 is 0.306 bits per heavy atom. The van der Waals surface area contributed by atoms with Crippen LogP contribution in [-0.4, -0.2) is 4.98 Å². The van der Waals surface area contributed by atoms with Crippen molar-refractivity contribution in [2.45, 2.75) is 0 Å². The van der Waals surface area contributed by atoms with Crippen molar-refractivity contribution < 1.29 is 8.83 Å². The van der Waals surface area contributed by atoms with Gasteiger partial charge in [-0.25, -0.2) is 4.98 Å². The van der Waals surface area contributed by atoms with Gasteiger partial charge in [0.1, 0.15) is 22.3 Å². The number of hydrogen-bond acceptors (Lipinski definition) is 3. The van der Waals surface area contributed by atoms with Gasteiger partial charge in [0.25, 0.3) is 0 Å². The van der Waals surface area contributed by atoms with E-state index in [1.807, 2.05) is 6.07 Å². The quantitative estimate of drug-likeness (QED) is 0.132. The molecular weight excluding hydrogens is 755 g/mol. The van der Waals surface area contributed by atoms with Gasteiger partial charge in [0.2, 0.25) is 0 Å². The molecule has 286 valence electrons. The van der Waals surface area contributed by atoms with E-state index in [0.29, 0.717) is 0 Å². The SMILES string of the molecule is c1ccc(-c2nc3cc(-c4c5ccccc5c(-c5cc6ccccc6c6c5oc5cc7ccccc7cc56)c5ccccc45)ccc3c3c2ccc2c4ccccc4oc23)cc1. The van der Waals surface area contributed by atoms with Crippen LogP contribution in [0.1, 0.15) is 0 Å². The normalized spacial score (nSPS) is 12.2. The number of rotatable bonds is 3. The van der Waals surface area contributed by atoms with E-state index in [2.05, 4.69) is 194 Å². The van der Waals surface area contributed by atoms with Crippen LogP contribution in [0, 0.1) is 0 Å². The number of nitrogens with zero attached hydrogens (tertiary/aromatic N) is 1. The lowest BCUT2D eigenvalue weighted by atomic mass is 9.84. The maximum atomic E-state index is 7.03. The van der Waals surface area contributed by atoms with E-state index in [0.717, 1.165) is 87.9 Å². The lowest BCUT2D eigenvalue weighted by Gasteiger charge is -2.19. The molecule has 0 aliphatic heterocycles. The summed E-state index contributed by atoms with van der Waals surface area (Å²) in [5, 5.41) is 17.2. The van der Waals surface area contributed by atoms with Crippen LogP contribution in [0.25, 0.3) is 142 Å². The third-order valence-corrected chi connectivity index (χ3v) is 13.2. The zero-order chi connectivity index (χ0) is 40.5. The fourth-order valence-electron chi connectivity index (χ4n) is 10.5. The van der Waals surface area contributed by atoms with Crippen molar-refractivity contribution in [2.24, 2.45) is 0 Å². The molecule has 0 fully saturated rings. The number of hydrogen-bond donors (Lipinski definition) is 0. The van der Waals surface area contributed by atoms with E-state index >= 15 is 0 Å². The van der Waals surface area contributed by atoms with Crippen LogP contribution >= 0.6 is 0 Å². The van der Waals surface area contributed by atoms with Crippen LogP contribution in [0.5, 0.6) is 0 Å². The molecule has 0 N–H and O–H groups in total. The summed E-state index contributed by atoms with van der Waals surface area (Å²) in [7, 11) is 0. The van der Waals surface area contributed by atoms with Crippen LogP contribution in [0.3, 0.4) is 0 Å². The second-order valence-corrected chi connectivity index (χ2v) is 16.5. The Morgan fingerprint density at radius 2 is 0.871 bits per heavy atom. The number of aromatic nitrogens is 1. The van der Waals surface area contributed by atoms with Crippen molar-refractivity contribution >= 4 is 109 Å². The first-order valence-electron chi connectivity index (χ1n) is 21.2. The summed E-state index contributed by atoms with van der Waals surface area (Å²) in [4.78, 5) is 5.50. The summed E-state index contributed by atoms with van der Waals surface area (Å²) in [6.45, 7) is 0. The Balaban J connectivity index is 1.08. The van der Waals surface area contributed by atoms with Crippen LogP contribution in [0.4, 0.5) is 0 Å². The van der Waals surface area contributed by atoms with E-state index in [9.17, 15) is 0 Å². The van der Waals surface area contributed by atoms with Crippen molar-refractivity contribution in [1.29, 1.82) is 0 Å². The maximum absolute atomic E-state index is 7.03. The van der Waals surface area contributed by atoms with E-state index in [1.165, 1.54) is 54.2 Å². The Bertz CT molecular complexity index is 4160. The summed E-state index contributed by atoms with van der Waals surface area (Å²) in [5.74, 6) is 0. The number of para-hydroxylation sites is 1. The molecule has 3 heteroatoms. The molecule has 0 saturated heterocycles. The highest BCUT2D eigenvalue weighted by atomic mass is 16.3. The van der Waals surface area contributed by atoms with Crippen molar-refractivity contribution in [3.05, 3.63) is 200 Å². The lowest BCUT2D eigenvalue weighted by molar-refractivity contribution is 0.671. The van der Waals surface area contributed by atoms with Crippen LogP contribution in [0.2, 0.25) is 0 Å². The van der Waals surface area contributed by atoms with Gasteiger partial charge in [0, 0.05) is 54.4 Å². The maximum Gasteiger partial charge on any atom is 0.144 e. The minimum absolute atomic E-state index is 0.885. The molecule has 3 aromatic heterocycles. The molecule has 3 heterocycles. The molecule has 0 amide bonds. The van der Waals surface area contributed by atoms with Gasteiger partial charge >= 0.3 is 0 Å². The molecule has 0 aliphatic rings. The molecule has 14 aromatic rings. The highest BCUT2D eigenvalue weighted by Gasteiger charge is 2.24. The Kier molecular flexibility index (Phi) is 6.83. The molecule has 0 saturated carbocycles. The first-order valence-corrected chi connectivity index (χ1v) is 21.2. The molecule has 0 atom stereocenters. The predicted octanol–water partition coefficient (Wildman–Crippen LogP) is 16.8. The summed E-state index contributed by atoms with van der Waals surface area (Å²) in [6.07, 6.45) is 0. The molecular formula is C59H33NO2. The standard InChI is InChI=1S/C59H33NO2/c1-2-14-34(15-3-1)57-47-29-28-45-40-20-12-13-25-51(40)61-58(45)56(47)46-27-26-38(32-50(46)60-57)53-41-21-8-10-23-43(41)54(44-24-11-9-22-42(44)53)49-31-37-18-6-7-19-39(37)55-48-30-35-16-4-5-17-36(35)33-52(48)62-59(49)55/h1-33H. The zero-order valence-corrected chi connectivity index (χ0v) is 33.3. The molecule has 3 nitrogen and oxygen atoms in total. The highest BCUT2D eigenvalue weighted by molar-refractivity contribution is 6.30. The summed E-state index contributed by atoms with van der Waals surface area (Å²) in [5.41, 5.74) is 11.1. The number of fused-ring (bicyclic) bond motifs is 15. The summed E-state index contributed by atoms with van der Waals surface area (Å²) < 4.78 is 13.7. The molecule has 14 rings (SSSR count). The molecule has 0 spiro atoms.